The van der Waals surface area contributed by atoms with Crippen LogP contribution in [0.25, 0.3) is 0 Å². The summed E-state index contributed by atoms with van der Waals surface area (Å²) in [4.78, 5) is 23.3. The lowest BCUT2D eigenvalue weighted by Gasteiger charge is -2.34. The van der Waals surface area contributed by atoms with Gasteiger partial charge in [-0.2, -0.15) is 0 Å². The van der Waals surface area contributed by atoms with E-state index < -0.39 is 5.91 Å². The van der Waals surface area contributed by atoms with Crippen molar-refractivity contribution in [3.63, 3.8) is 0 Å². The van der Waals surface area contributed by atoms with Gasteiger partial charge in [0.2, 0.25) is 0 Å². The van der Waals surface area contributed by atoms with Crippen molar-refractivity contribution in [3.8, 4) is 0 Å². The summed E-state index contributed by atoms with van der Waals surface area (Å²) in [6.07, 6.45) is 5.41. The van der Waals surface area contributed by atoms with E-state index in [0.29, 0.717) is 5.69 Å². The Balaban J connectivity index is 1.52. The second-order valence-corrected chi connectivity index (χ2v) is 7.96. The molecule has 0 bridgehead atoms. The lowest BCUT2D eigenvalue weighted by molar-refractivity contribution is 0.0996. The Bertz CT molecular complexity index is 839. The highest BCUT2D eigenvalue weighted by molar-refractivity contribution is 5.97. The second-order valence-electron chi connectivity index (χ2n) is 7.96. The summed E-state index contributed by atoms with van der Waals surface area (Å²) in [7, 11) is 2.16. The smallest absolute Gasteiger partial charge is 0.269 e. The van der Waals surface area contributed by atoms with E-state index in [2.05, 4.69) is 44.2 Å². The third-order valence-electron chi connectivity index (χ3n) is 5.84. The number of nitrogens with one attached hydrogen (secondary N) is 1. The van der Waals surface area contributed by atoms with E-state index in [1.54, 1.807) is 6.20 Å². The summed E-state index contributed by atoms with van der Waals surface area (Å²) in [5.74, 6) is -0.522. The van der Waals surface area contributed by atoms with E-state index in [1.807, 2.05) is 18.2 Å². The number of piperazine rings is 1. The monoisotopic (exact) mass is 394 g/mol. The van der Waals surface area contributed by atoms with E-state index >= 15 is 0 Å². The molecule has 2 fully saturated rings. The number of carbonyl (C=O) groups excluding carboxylic acids is 1. The van der Waals surface area contributed by atoms with Gasteiger partial charge >= 0.3 is 0 Å². The highest BCUT2D eigenvalue weighted by Gasteiger charge is 2.17. The molecule has 3 heterocycles. The number of nitrogens with two attached hydrogens (primary N) is 1. The number of primary amides is 1. The quantitative estimate of drug-likeness (QED) is 0.812. The van der Waals surface area contributed by atoms with Gasteiger partial charge in [-0.3, -0.25) is 4.79 Å². The molecular weight excluding hydrogens is 364 g/mol. The molecule has 154 valence electrons. The SMILES string of the molecule is CN1CCN(c2ccc(Nc3cc(N4CCCCC4)cnc3C(N)=O)cc2)CC1. The Morgan fingerprint density at radius 3 is 2.24 bits per heavy atom. The average molecular weight is 395 g/mol. The van der Waals surface area contributed by atoms with Gasteiger partial charge < -0.3 is 25.8 Å². The lowest BCUT2D eigenvalue weighted by Crippen LogP contribution is -2.44. The Labute approximate surface area is 172 Å². The number of amides is 1. The van der Waals surface area contributed by atoms with Gasteiger partial charge in [0, 0.05) is 50.6 Å². The van der Waals surface area contributed by atoms with Crippen LogP contribution in [0, 0.1) is 0 Å². The number of aromatic nitrogens is 1. The van der Waals surface area contributed by atoms with Crippen molar-refractivity contribution in [1.29, 1.82) is 0 Å². The van der Waals surface area contributed by atoms with Crippen molar-refractivity contribution in [2.75, 3.05) is 61.4 Å². The van der Waals surface area contributed by atoms with Gasteiger partial charge in [-0.25, -0.2) is 4.98 Å². The molecule has 2 aliphatic heterocycles. The summed E-state index contributed by atoms with van der Waals surface area (Å²) in [5, 5.41) is 3.35. The van der Waals surface area contributed by atoms with Crippen molar-refractivity contribution >= 4 is 28.7 Å². The lowest BCUT2D eigenvalue weighted by atomic mass is 10.1. The van der Waals surface area contributed by atoms with Crippen LogP contribution in [0.5, 0.6) is 0 Å². The largest absolute Gasteiger partial charge is 0.370 e. The molecule has 7 heteroatoms. The molecule has 1 aromatic heterocycles. The predicted octanol–water partition coefficient (Wildman–Crippen LogP) is 2.67. The van der Waals surface area contributed by atoms with E-state index in [4.69, 9.17) is 5.73 Å². The van der Waals surface area contributed by atoms with E-state index in [-0.39, 0.29) is 5.69 Å². The molecule has 3 N–H and O–H groups in total. The third kappa shape index (κ3) is 4.62. The van der Waals surface area contributed by atoms with E-state index in [0.717, 1.165) is 50.6 Å². The number of carbonyl (C=O) groups is 1. The number of piperidine rings is 1. The van der Waals surface area contributed by atoms with Crippen LogP contribution in [-0.2, 0) is 0 Å². The highest BCUT2D eigenvalue weighted by Crippen LogP contribution is 2.28. The summed E-state index contributed by atoms with van der Waals surface area (Å²) in [6.45, 7) is 6.29. The Morgan fingerprint density at radius 2 is 1.59 bits per heavy atom. The van der Waals surface area contributed by atoms with Gasteiger partial charge in [0.1, 0.15) is 0 Å². The molecule has 2 aliphatic rings. The van der Waals surface area contributed by atoms with Crippen LogP contribution in [-0.4, -0.2) is 62.1 Å². The van der Waals surface area contributed by atoms with Crippen LogP contribution in [0.1, 0.15) is 29.8 Å². The topological polar surface area (TPSA) is 77.7 Å². The molecule has 1 aromatic carbocycles. The molecule has 7 nitrogen and oxygen atoms in total. The molecule has 0 unspecified atom stereocenters. The van der Waals surface area contributed by atoms with E-state index in [1.165, 1.54) is 24.9 Å². The number of likely N-dealkylation sites (N-methyl/N-ethyl adjacent to an activating group) is 1. The summed E-state index contributed by atoms with van der Waals surface area (Å²) >= 11 is 0. The first kappa shape index (κ1) is 19.5. The number of anilines is 4. The van der Waals surface area contributed by atoms with Gasteiger partial charge in [-0.05, 0) is 56.6 Å². The van der Waals surface area contributed by atoms with Crippen LogP contribution >= 0.6 is 0 Å². The molecule has 0 atom stereocenters. The van der Waals surface area contributed by atoms with Gasteiger partial charge in [0.25, 0.3) is 5.91 Å². The molecule has 29 heavy (non-hydrogen) atoms. The van der Waals surface area contributed by atoms with Crippen molar-refractivity contribution < 1.29 is 4.79 Å². The maximum Gasteiger partial charge on any atom is 0.269 e. The molecule has 2 aromatic rings. The first-order valence-corrected chi connectivity index (χ1v) is 10.5. The fraction of sp³-hybridized carbons (Fsp3) is 0.455. The maximum absolute atomic E-state index is 11.9. The van der Waals surface area contributed by atoms with Gasteiger partial charge in [-0.1, -0.05) is 0 Å². The zero-order valence-corrected chi connectivity index (χ0v) is 17.1. The number of hydrogen-bond acceptors (Lipinski definition) is 6. The maximum atomic E-state index is 11.9. The number of rotatable bonds is 5. The minimum absolute atomic E-state index is 0.272. The molecule has 1 amide bonds. The van der Waals surface area contributed by atoms with Crippen LogP contribution in [0.2, 0.25) is 0 Å². The second kappa shape index (κ2) is 8.69. The Hall–Kier alpha value is -2.80. The van der Waals surface area contributed by atoms with E-state index in [9.17, 15) is 4.79 Å². The van der Waals surface area contributed by atoms with Crippen LogP contribution in [0.3, 0.4) is 0 Å². The summed E-state index contributed by atoms with van der Waals surface area (Å²) in [6, 6.07) is 10.3. The molecule has 0 spiro atoms. The number of nitrogens with zero attached hydrogens (tertiary/aromatic N) is 4. The number of hydrogen-bond donors (Lipinski definition) is 2. The van der Waals surface area contributed by atoms with Crippen LogP contribution < -0.4 is 20.9 Å². The standard InChI is InChI=1S/C22H30N6O/c1-26-11-13-28(14-12-26)18-7-5-17(6-8-18)25-20-15-19(16-24-21(20)22(23)29)27-9-3-2-4-10-27/h5-8,15-16,25H,2-4,9-14H2,1H3,(H2,23,29). The molecule has 2 saturated heterocycles. The van der Waals surface area contributed by atoms with Gasteiger partial charge in [0.15, 0.2) is 5.69 Å². The third-order valence-corrected chi connectivity index (χ3v) is 5.84. The minimum Gasteiger partial charge on any atom is -0.370 e. The fourth-order valence-corrected chi connectivity index (χ4v) is 4.05. The summed E-state index contributed by atoms with van der Waals surface area (Å²) < 4.78 is 0. The van der Waals surface area contributed by atoms with Crippen LogP contribution in [0.15, 0.2) is 36.5 Å². The van der Waals surface area contributed by atoms with Gasteiger partial charge in [-0.15, -0.1) is 0 Å². The fourth-order valence-electron chi connectivity index (χ4n) is 4.05. The van der Waals surface area contributed by atoms with Gasteiger partial charge in [0.05, 0.1) is 17.6 Å². The summed E-state index contributed by atoms with van der Waals surface area (Å²) in [5.41, 5.74) is 9.67. The predicted molar refractivity (Wildman–Crippen MR) is 118 cm³/mol. The normalized spacial score (nSPS) is 18.0. The zero-order chi connectivity index (χ0) is 20.2. The number of benzene rings is 1. The minimum atomic E-state index is -0.522. The van der Waals surface area contributed by atoms with Crippen LogP contribution in [0.4, 0.5) is 22.7 Å². The van der Waals surface area contributed by atoms with Crippen molar-refractivity contribution in [2.45, 2.75) is 19.3 Å². The van der Waals surface area contributed by atoms with Crippen molar-refractivity contribution in [1.82, 2.24) is 9.88 Å². The molecule has 4 rings (SSSR count). The molecule has 0 saturated carbocycles. The first-order valence-electron chi connectivity index (χ1n) is 10.5. The first-order chi connectivity index (χ1) is 14.1. The zero-order valence-electron chi connectivity index (χ0n) is 17.1. The average Bonchev–Trinajstić information content (AvgIpc) is 2.75. The van der Waals surface area contributed by atoms with Crippen molar-refractivity contribution in [3.05, 3.63) is 42.2 Å². The Morgan fingerprint density at radius 1 is 0.931 bits per heavy atom. The molecule has 0 aliphatic carbocycles. The van der Waals surface area contributed by atoms with Crippen molar-refractivity contribution in [2.24, 2.45) is 5.73 Å². The molecular formula is C22H30N6O. The Kier molecular flexibility index (Phi) is 5.85. The highest BCUT2D eigenvalue weighted by atomic mass is 16.1. The molecule has 0 radical (unpaired) electrons. The number of pyridine rings is 1.